The molecule has 0 radical (unpaired) electrons. The summed E-state index contributed by atoms with van der Waals surface area (Å²) in [7, 11) is 1.71. The molecule has 1 aliphatic heterocycles. The van der Waals surface area contributed by atoms with Crippen molar-refractivity contribution in [1.82, 2.24) is 4.90 Å². The van der Waals surface area contributed by atoms with Crippen LogP contribution in [0.25, 0.3) is 10.8 Å². The number of fused-ring (bicyclic) bond motifs is 2. The van der Waals surface area contributed by atoms with E-state index in [4.69, 9.17) is 17.0 Å². The molecule has 0 bridgehead atoms. The van der Waals surface area contributed by atoms with Gasteiger partial charge in [0.2, 0.25) is 0 Å². The van der Waals surface area contributed by atoms with E-state index in [0.717, 1.165) is 46.6 Å². The summed E-state index contributed by atoms with van der Waals surface area (Å²) in [5, 5.41) is 2.26. The molecule has 24 heavy (non-hydrogen) atoms. The van der Waals surface area contributed by atoms with Crippen LogP contribution in [0.2, 0.25) is 0 Å². The highest BCUT2D eigenvalue weighted by molar-refractivity contribution is 7.80. The number of hydrogen-bond acceptors (Lipinski definition) is 2. The number of thiocarbonyl (C=S) groups is 1. The number of hydrogen-bond donors (Lipinski definition) is 0. The summed E-state index contributed by atoms with van der Waals surface area (Å²) in [5.41, 5.74) is 3.93. The van der Waals surface area contributed by atoms with E-state index < -0.39 is 0 Å². The number of benzene rings is 3. The molecule has 0 fully saturated rings. The van der Waals surface area contributed by atoms with Gasteiger partial charge in [-0.25, -0.2) is 0 Å². The van der Waals surface area contributed by atoms with Gasteiger partial charge in [0.1, 0.15) is 10.7 Å². The van der Waals surface area contributed by atoms with Gasteiger partial charge in [-0.1, -0.05) is 60.7 Å². The SMILES string of the molecule is COc1ccc(C(=S)N2CCc3ccccc3C2)c2ccccc12. The zero-order valence-corrected chi connectivity index (χ0v) is 14.5. The van der Waals surface area contributed by atoms with Crippen molar-refractivity contribution in [2.75, 3.05) is 13.7 Å². The van der Waals surface area contributed by atoms with Crippen molar-refractivity contribution in [2.45, 2.75) is 13.0 Å². The molecule has 0 saturated heterocycles. The van der Waals surface area contributed by atoms with Crippen molar-refractivity contribution >= 4 is 28.0 Å². The van der Waals surface area contributed by atoms with Gasteiger partial charge >= 0.3 is 0 Å². The predicted molar refractivity (Wildman–Crippen MR) is 103 cm³/mol. The van der Waals surface area contributed by atoms with Crippen LogP contribution >= 0.6 is 12.2 Å². The summed E-state index contributed by atoms with van der Waals surface area (Å²) in [6, 6.07) is 21.1. The summed E-state index contributed by atoms with van der Waals surface area (Å²) in [5.74, 6) is 0.890. The van der Waals surface area contributed by atoms with Crippen LogP contribution in [0.4, 0.5) is 0 Å². The second-order valence-corrected chi connectivity index (χ2v) is 6.49. The van der Waals surface area contributed by atoms with Crippen molar-refractivity contribution in [3.8, 4) is 5.75 Å². The lowest BCUT2D eigenvalue weighted by atomic mass is 9.98. The van der Waals surface area contributed by atoms with E-state index >= 15 is 0 Å². The average molecular weight is 333 g/mol. The first-order valence-electron chi connectivity index (χ1n) is 8.20. The van der Waals surface area contributed by atoms with Gasteiger partial charge in [-0.3, -0.25) is 0 Å². The Kier molecular flexibility index (Phi) is 3.95. The fourth-order valence-electron chi connectivity index (χ4n) is 3.48. The average Bonchev–Trinajstić information content (AvgIpc) is 2.66. The Balaban J connectivity index is 1.72. The van der Waals surface area contributed by atoms with Crippen molar-refractivity contribution in [3.63, 3.8) is 0 Å². The molecule has 0 unspecified atom stereocenters. The van der Waals surface area contributed by atoms with Gasteiger partial charge in [0.15, 0.2) is 0 Å². The normalized spacial score (nSPS) is 13.6. The number of ether oxygens (including phenoxy) is 1. The standard InChI is InChI=1S/C21H19NOS/c1-23-20-11-10-19(17-8-4-5-9-18(17)20)21(24)22-13-12-15-6-2-3-7-16(15)14-22/h2-11H,12-14H2,1H3. The maximum Gasteiger partial charge on any atom is 0.126 e. The third-order valence-electron chi connectivity index (χ3n) is 4.75. The summed E-state index contributed by atoms with van der Waals surface area (Å²) in [6.07, 6.45) is 1.05. The molecule has 3 heteroatoms. The summed E-state index contributed by atoms with van der Waals surface area (Å²) in [4.78, 5) is 3.23. The molecule has 0 spiro atoms. The van der Waals surface area contributed by atoms with Crippen LogP contribution in [-0.2, 0) is 13.0 Å². The minimum absolute atomic E-state index is 0.884. The molecular formula is C21H19NOS. The highest BCUT2D eigenvalue weighted by Gasteiger charge is 2.20. The highest BCUT2D eigenvalue weighted by atomic mass is 32.1. The molecule has 1 aliphatic rings. The fourth-order valence-corrected chi connectivity index (χ4v) is 3.81. The Morgan fingerprint density at radius 2 is 1.62 bits per heavy atom. The molecule has 0 atom stereocenters. The lowest BCUT2D eigenvalue weighted by Crippen LogP contribution is -2.35. The molecule has 2 nitrogen and oxygen atoms in total. The van der Waals surface area contributed by atoms with Crippen LogP contribution in [0.5, 0.6) is 5.75 Å². The minimum atomic E-state index is 0.884. The minimum Gasteiger partial charge on any atom is -0.496 e. The van der Waals surface area contributed by atoms with Crippen molar-refractivity contribution in [2.24, 2.45) is 0 Å². The largest absolute Gasteiger partial charge is 0.496 e. The van der Waals surface area contributed by atoms with E-state index in [1.807, 2.05) is 12.1 Å². The van der Waals surface area contributed by atoms with E-state index in [2.05, 4.69) is 53.4 Å². The summed E-state index contributed by atoms with van der Waals surface area (Å²) in [6.45, 7) is 1.85. The van der Waals surface area contributed by atoms with Gasteiger partial charge in [0.25, 0.3) is 0 Å². The van der Waals surface area contributed by atoms with Crippen LogP contribution in [0.3, 0.4) is 0 Å². The molecule has 0 saturated carbocycles. The molecule has 3 aromatic rings. The number of rotatable bonds is 2. The van der Waals surface area contributed by atoms with Crippen LogP contribution in [0.15, 0.2) is 60.7 Å². The molecule has 0 aliphatic carbocycles. The van der Waals surface area contributed by atoms with E-state index in [-0.39, 0.29) is 0 Å². The highest BCUT2D eigenvalue weighted by Crippen LogP contribution is 2.30. The van der Waals surface area contributed by atoms with E-state index in [9.17, 15) is 0 Å². The first kappa shape index (κ1) is 15.2. The summed E-state index contributed by atoms with van der Waals surface area (Å²) < 4.78 is 5.50. The van der Waals surface area contributed by atoms with Crippen LogP contribution in [0, 0.1) is 0 Å². The van der Waals surface area contributed by atoms with Crippen LogP contribution in [-0.4, -0.2) is 23.5 Å². The third-order valence-corrected chi connectivity index (χ3v) is 5.23. The first-order valence-corrected chi connectivity index (χ1v) is 8.60. The van der Waals surface area contributed by atoms with Gasteiger partial charge in [-0.05, 0) is 35.1 Å². The monoisotopic (exact) mass is 333 g/mol. The molecular weight excluding hydrogens is 314 g/mol. The molecule has 0 N–H and O–H groups in total. The zero-order chi connectivity index (χ0) is 16.5. The van der Waals surface area contributed by atoms with Gasteiger partial charge < -0.3 is 9.64 Å². The van der Waals surface area contributed by atoms with Gasteiger partial charge in [-0.2, -0.15) is 0 Å². The Morgan fingerprint density at radius 1 is 0.917 bits per heavy atom. The molecule has 120 valence electrons. The Labute approximate surface area is 147 Å². The van der Waals surface area contributed by atoms with E-state index in [1.54, 1.807) is 7.11 Å². The van der Waals surface area contributed by atoms with Gasteiger partial charge in [-0.15, -0.1) is 0 Å². The Hall–Kier alpha value is -2.39. The smallest absolute Gasteiger partial charge is 0.126 e. The van der Waals surface area contributed by atoms with Crippen molar-refractivity contribution < 1.29 is 4.74 Å². The lowest BCUT2D eigenvalue weighted by molar-refractivity contribution is 0.401. The number of nitrogens with zero attached hydrogens (tertiary/aromatic N) is 1. The van der Waals surface area contributed by atoms with E-state index in [0.29, 0.717) is 0 Å². The molecule has 3 aromatic carbocycles. The van der Waals surface area contributed by atoms with Crippen LogP contribution in [0.1, 0.15) is 16.7 Å². The van der Waals surface area contributed by atoms with Crippen LogP contribution < -0.4 is 4.74 Å². The molecule has 4 rings (SSSR count). The maximum absolute atomic E-state index is 5.86. The second kappa shape index (κ2) is 6.25. The second-order valence-electron chi connectivity index (χ2n) is 6.11. The fraction of sp³-hybridized carbons (Fsp3) is 0.190. The van der Waals surface area contributed by atoms with Crippen molar-refractivity contribution in [1.29, 1.82) is 0 Å². The van der Waals surface area contributed by atoms with E-state index in [1.165, 1.54) is 11.1 Å². The number of methoxy groups -OCH3 is 1. The topological polar surface area (TPSA) is 12.5 Å². The first-order chi connectivity index (χ1) is 11.8. The Bertz CT molecular complexity index is 919. The third kappa shape index (κ3) is 2.55. The van der Waals surface area contributed by atoms with Gasteiger partial charge in [0.05, 0.1) is 7.11 Å². The maximum atomic E-state index is 5.86. The molecule has 1 heterocycles. The Morgan fingerprint density at radius 3 is 2.42 bits per heavy atom. The van der Waals surface area contributed by atoms with Gasteiger partial charge in [0, 0.05) is 24.0 Å². The quantitative estimate of drug-likeness (QED) is 0.637. The zero-order valence-electron chi connectivity index (χ0n) is 13.7. The lowest BCUT2D eigenvalue weighted by Gasteiger charge is -2.31. The molecule has 0 aromatic heterocycles. The van der Waals surface area contributed by atoms with Crippen molar-refractivity contribution in [3.05, 3.63) is 77.4 Å². The summed E-state index contributed by atoms with van der Waals surface area (Å²) >= 11 is 5.86. The molecule has 0 amide bonds. The predicted octanol–water partition coefficient (Wildman–Crippen LogP) is 4.58.